The normalized spacial score (nSPS) is 25.3. The molecule has 1 fully saturated rings. The summed E-state index contributed by atoms with van der Waals surface area (Å²) in [5.41, 5.74) is 0. The maximum atomic E-state index is 12.2. The molecule has 0 bridgehead atoms. The van der Waals surface area contributed by atoms with Gasteiger partial charge in [-0.15, -0.1) is 0 Å². The van der Waals surface area contributed by atoms with Crippen LogP contribution < -0.4 is 0 Å². The molecular formula is C15H28N2O3S. The fourth-order valence-corrected chi connectivity index (χ4v) is 4.55. The van der Waals surface area contributed by atoms with Crippen LogP contribution in [-0.2, 0) is 14.8 Å². The fraction of sp³-hybridized carbons (Fsp3) is 0.867. The fourth-order valence-electron chi connectivity index (χ4n) is 3.09. The van der Waals surface area contributed by atoms with Crippen LogP contribution in [0.3, 0.4) is 0 Å². The van der Waals surface area contributed by atoms with Gasteiger partial charge in [0.2, 0.25) is 10.0 Å². The molecule has 0 aromatic carbocycles. The van der Waals surface area contributed by atoms with E-state index >= 15 is 0 Å². The zero-order chi connectivity index (χ0) is 15.1. The summed E-state index contributed by atoms with van der Waals surface area (Å²) in [4.78, 5) is 2.42. The Morgan fingerprint density at radius 2 is 1.95 bits per heavy atom. The van der Waals surface area contributed by atoms with Crippen LogP contribution in [-0.4, -0.2) is 69.8 Å². The Morgan fingerprint density at radius 3 is 2.57 bits per heavy atom. The molecule has 1 atom stereocenters. The predicted octanol–water partition coefficient (Wildman–Crippen LogP) is 1.33. The Balaban J connectivity index is 1.73. The van der Waals surface area contributed by atoms with Gasteiger partial charge in [-0.25, -0.2) is 8.42 Å². The Kier molecular flexibility index (Phi) is 6.67. The van der Waals surface area contributed by atoms with Crippen LogP contribution in [0, 0.1) is 5.92 Å². The van der Waals surface area contributed by atoms with E-state index in [0.717, 1.165) is 25.6 Å². The molecule has 5 nitrogen and oxygen atoms in total. The minimum absolute atomic E-state index is 0.203. The number of allylic oxidation sites excluding steroid dienone is 2. The van der Waals surface area contributed by atoms with Crippen molar-refractivity contribution in [2.75, 3.05) is 52.2 Å². The second-order valence-corrected chi connectivity index (χ2v) is 8.10. The topological polar surface area (TPSA) is 49.9 Å². The molecule has 0 unspecified atom stereocenters. The van der Waals surface area contributed by atoms with E-state index in [9.17, 15) is 8.42 Å². The first-order valence-electron chi connectivity index (χ1n) is 7.96. The third kappa shape index (κ3) is 5.36. The van der Waals surface area contributed by atoms with Crippen molar-refractivity contribution in [2.45, 2.75) is 25.7 Å². The van der Waals surface area contributed by atoms with Gasteiger partial charge in [-0.05, 0) is 31.6 Å². The first-order chi connectivity index (χ1) is 10.1. The van der Waals surface area contributed by atoms with Gasteiger partial charge >= 0.3 is 0 Å². The number of sulfonamides is 1. The lowest BCUT2D eigenvalue weighted by Gasteiger charge is -2.36. The van der Waals surface area contributed by atoms with E-state index in [1.54, 1.807) is 11.4 Å². The predicted molar refractivity (Wildman–Crippen MR) is 84.8 cm³/mol. The number of ether oxygens (including phenoxy) is 1. The zero-order valence-corrected chi connectivity index (χ0v) is 13.9. The summed E-state index contributed by atoms with van der Waals surface area (Å²) in [5.74, 6) is 0.953. The van der Waals surface area contributed by atoms with E-state index in [2.05, 4.69) is 17.1 Å². The molecule has 1 saturated heterocycles. The van der Waals surface area contributed by atoms with Crippen LogP contribution in [0.5, 0.6) is 0 Å². The van der Waals surface area contributed by atoms with E-state index in [1.807, 2.05) is 0 Å². The highest BCUT2D eigenvalue weighted by Gasteiger charge is 2.27. The van der Waals surface area contributed by atoms with Crippen LogP contribution in [0.15, 0.2) is 12.2 Å². The van der Waals surface area contributed by atoms with Crippen molar-refractivity contribution in [2.24, 2.45) is 5.92 Å². The standard InChI is InChI=1S/C15H28N2O3S/c1-20-12-5-13-21(18,19)17-10-8-16(9-11-17)14-15-6-3-2-4-7-15/h2-3,15H,4-14H2,1H3/t15-/m1/s1. The van der Waals surface area contributed by atoms with Crippen LogP contribution in [0.2, 0.25) is 0 Å². The maximum absolute atomic E-state index is 12.2. The second kappa shape index (κ2) is 8.27. The number of hydrogen-bond acceptors (Lipinski definition) is 4. The van der Waals surface area contributed by atoms with Crippen molar-refractivity contribution in [1.82, 2.24) is 9.21 Å². The summed E-state index contributed by atoms with van der Waals surface area (Å²) in [6.07, 6.45) is 8.76. The SMILES string of the molecule is COCCCS(=O)(=O)N1CCN(C[C@@H]2CC=CCC2)CC1. The van der Waals surface area contributed by atoms with Gasteiger partial charge in [0.25, 0.3) is 0 Å². The summed E-state index contributed by atoms with van der Waals surface area (Å²) in [6, 6.07) is 0. The highest BCUT2D eigenvalue weighted by Crippen LogP contribution is 2.20. The van der Waals surface area contributed by atoms with Gasteiger partial charge in [-0.3, -0.25) is 0 Å². The lowest BCUT2D eigenvalue weighted by molar-refractivity contribution is 0.160. The van der Waals surface area contributed by atoms with Crippen molar-refractivity contribution < 1.29 is 13.2 Å². The molecule has 0 spiro atoms. The zero-order valence-electron chi connectivity index (χ0n) is 13.0. The van der Waals surface area contributed by atoms with Crippen LogP contribution >= 0.6 is 0 Å². The molecule has 2 rings (SSSR count). The first-order valence-corrected chi connectivity index (χ1v) is 9.57. The highest BCUT2D eigenvalue weighted by molar-refractivity contribution is 7.89. The van der Waals surface area contributed by atoms with Crippen molar-refractivity contribution in [3.8, 4) is 0 Å². The van der Waals surface area contributed by atoms with Crippen LogP contribution in [0.4, 0.5) is 0 Å². The molecule has 1 aliphatic heterocycles. The Morgan fingerprint density at radius 1 is 1.19 bits per heavy atom. The van der Waals surface area contributed by atoms with Crippen LogP contribution in [0.25, 0.3) is 0 Å². The number of piperazine rings is 1. The number of rotatable bonds is 7. The lowest BCUT2D eigenvalue weighted by Crippen LogP contribution is -2.50. The third-order valence-corrected chi connectivity index (χ3v) is 6.33. The summed E-state index contributed by atoms with van der Waals surface area (Å²) in [5, 5.41) is 0. The van der Waals surface area contributed by atoms with Gasteiger partial charge in [0.15, 0.2) is 0 Å². The van der Waals surface area contributed by atoms with Gasteiger partial charge < -0.3 is 9.64 Å². The molecule has 122 valence electrons. The Hall–Kier alpha value is -0.430. The van der Waals surface area contributed by atoms with Crippen molar-refractivity contribution in [3.05, 3.63) is 12.2 Å². The average molecular weight is 316 g/mol. The van der Waals surface area contributed by atoms with Crippen molar-refractivity contribution in [3.63, 3.8) is 0 Å². The smallest absolute Gasteiger partial charge is 0.214 e. The minimum atomic E-state index is -3.10. The molecule has 0 amide bonds. The monoisotopic (exact) mass is 316 g/mol. The van der Waals surface area contributed by atoms with Gasteiger partial charge in [0.1, 0.15) is 0 Å². The summed E-state index contributed by atoms with van der Waals surface area (Å²) >= 11 is 0. The minimum Gasteiger partial charge on any atom is -0.385 e. The molecule has 1 aliphatic carbocycles. The van der Waals surface area contributed by atoms with Gasteiger partial charge in [-0.2, -0.15) is 4.31 Å². The average Bonchev–Trinajstić information content (AvgIpc) is 2.49. The Labute approximate surface area is 129 Å². The Bertz CT molecular complexity index is 428. The van der Waals surface area contributed by atoms with E-state index in [-0.39, 0.29) is 5.75 Å². The van der Waals surface area contributed by atoms with Gasteiger partial charge in [-0.1, -0.05) is 12.2 Å². The van der Waals surface area contributed by atoms with Gasteiger partial charge in [0, 0.05) is 46.4 Å². The van der Waals surface area contributed by atoms with Crippen molar-refractivity contribution >= 4 is 10.0 Å². The molecule has 0 aromatic rings. The van der Waals surface area contributed by atoms with E-state index in [4.69, 9.17) is 4.74 Å². The number of hydrogen-bond donors (Lipinski definition) is 0. The summed E-state index contributed by atoms with van der Waals surface area (Å²) in [7, 11) is -1.49. The maximum Gasteiger partial charge on any atom is 0.214 e. The number of nitrogens with zero attached hydrogens (tertiary/aromatic N) is 2. The molecule has 0 saturated carbocycles. The van der Waals surface area contributed by atoms with Gasteiger partial charge in [0.05, 0.1) is 5.75 Å². The molecule has 0 N–H and O–H groups in total. The van der Waals surface area contributed by atoms with Crippen molar-refractivity contribution in [1.29, 1.82) is 0 Å². The third-order valence-electron chi connectivity index (χ3n) is 4.37. The molecule has 6 heteroatoms. The summed E-state index contributed by atoms with van der Waals surface area (Å²) in [6.45, 7) is 4.62. The lowest BCUT2D eigenvalue weighted by atomic mass is 9.94. The molecule has 1 heterocycles. The largest absolute Gasteiger partial charge is 0.385 e. The first kappa shape index (κ1) is 16.9. The highest BCUT2D eigenvalue weighted by atomic mass is 32.2. The molecule has 0 aromatic heterocycles. The second-order valence-electron chi connectivity index (χ2n) is 6.01. The quantitative estimate of drug-likeness (QED) is 0.525. The van der Waals surface area contributed by atoms with E-state index < -0.39 is 10.0 Å². The number of methoxy groups -OCH3 is 1. The van der Waals surface area contributed by atoms with Crippen LogP contribution in [0.1, 0.15) is 25.7 Å². The molecule has 2 aliphatic rings. The molecule has 21 heavy (non-hydrogen) atoms. The van der Waals surface area contributed by atoms with E-state index in [0.29, 0.717) is 26.1 Å². The van der Waals surface area contributed by atoms with E-state index in [1.165, 1.54) is 19.3 Å². The molecular weight excluding hydrogens is 288 g/mol. The molecule has 0 radical (unpaired) electrons. The summed E-state index contributed by atoms with van der Waals surface area (Å²) < 4.78 is 31.0.